The number of hydrogen-bond donors (Lipinski definition) is 1. The number of carbonyl (C=O) groups is 2. The maximum Gasteiger partial charge on any atom is 0.310 e. The third kappa shape index (κ3) is 3.48. The Kier molecular flexibility index (Phi) is 4.73. The SMILES string of the molecule is CCOC(=O)C1CCC(=O)N(CC(C)O)C1. The fourth-order valence-corrected chi connectivity index (χ4v) is 1.86. The lowest BCUT2D eigenvalue weighted by atomic mass is 9.97. The summed E-state index contributed by atoms with van der Waals surface area (Å²) in [6.45, 7) is 4.40. The molecule has 1 amide bonds. The van der Waals surface area contributed by atoms with Crippen LogP contribution in [-0.2, 0) is 14.3 Å². The minimum absolute atomic E-state index is 0.00134. The first kappa shape index (κ1) is 13.0. The van der Waals surface area contributed by atoms with Crippen LogP contribution in [0.3, 0.4) is 0 Å². The van der Waals surface area contributed by atoms with Gasteiger partial charge in [0, 0.05) is 19.5 Å². The van der Waals surface area contributed by atoms with Crippen LogP contribution in [0.1, 0.15) is 26.7 Å². The number of aliphatic hydroxyl groups excluding tert-OH is 1. The summed E-state index contributed by atoms with van der Waals surface area (Å²) < 4.78 is 4.93. The predicted octanol–water partition coefficient (Wildman–Crippen LogP) is 0.169. The lowest BCUT2D eigenvalue weighted by molar-refractivity contribution is -0.153. The van der Waals surface area contributed by atoms with Gasteiger partial charge in [-0.15, -0.1) is 0 Å². The van der Waals surface area contributed by atoms with E-state index in [0.29, 0.717) is 26.0 Å². The molecule has 0 saturated carbocycles. The van der Waals surface area contributed by atoms with E-state index >= 15 is 0 Å². The van der Waals surface area contributed by atoms with Crippen LogP contribution >= 0.6 is 0 Å². The summed E-state index contributed by atoms with van der Waals surface area (Å²) in [7, 11) is 0. The van der Waals surface area contributed by atoms with Crippen LogP contribution in [0.5, 0.6) is 0 Å². The molecule has 1 heterocycles. The highest BCUT2D eigenvalue weighted by molar-refractivity contribution is 5.81. The lowest BCUT2D eigenvalue weighted by Crippen LogP contribution is -2.45. The Balaban J connectivity index is 2.53. The molecule has 0 aromatic carbocycles. The average Bonchev–Trinajstić information content (AvgIpc) is 2.21. The largest absolute Gasteiger partial charge is 0.466 e. The van der Waals surface area contributed by atoms with E-state index in [1.807, 2.05) is 0 Å². The van der Waals surface area contributed by atoms with Crippen molar-refractivity contribution >= 4 is 11.9 Å². The van der Waals surface area contributed by atoms with Gasteiger partial charge in [0.15, 0.2) is 0 Å². The number of β-amino-alcohol motifs (C(OH)–C–C–N with tert-alkyl or cyclic N) is 1. The van der Waals surface area contributed by atoms with E-state index in [0.717, 1.165) is 0 Å². The second-order valence-electron chi connectivity index (χ2n) is 4.14. The van der Waals surface area contributed by atoms with E-state index in [-0.39, 0.29) is 24.3 Å². The molecule has 1 rings (SSSR count). The molecule has 0 aliphatic carbocycles. The zero-order chi connectivity index (χ0) is 12.1. The molecule has 0 spiro atoms. The van der Waals surface area contributed by atoms with Crippen molar-refractivity contribution in [3.63, 3.8) is 0 Å². The van der Waals surface area contributed by atoms with Gasteiger partial charge in [-0.25, -0.2) is 0 Å². The summed E-state index contributed by atoms with van der Waals surface area (Å²) in [6, 6.07) is 0. The van der Waals surface area contributed by atoms with Gasteiger partial charge < -0.3 is 14.7 Å². The maximum atomic E-state index is 11.5. The van der Waals surface area contributed by atoms with Crippen molar-refractivity contribution in [2.75, 3.05) is 19.7 Å². The van der Waals surface area contributed by atoms with Crippen molar-refractivity contribution < 1.29 is 19.4 Å². The van der Waals surface area contributed by atoms with Gasteiger partial charge in [-0.05, 0) is 20.3 Å². The van der Waals surface area contributed by atoms with Gasteiger partial charge in [0.2, 0.25) is 5.91 Å². The molecular weight excluding hydrogens is 210 g/mol. The van der Waals surface area contributed by atoms with Crippen LogP contribution in [0.2, 0.25) is 0 Å². The third-order valence-corrected chi connectivity index (χ3v) is 2.60. The monoisotopic (exact) mass is 229 g/mol. The van der Waals surface area contributed by atoms with E-state index in [9.17, 15) is 14.7 Å². The average molecular weight is 229 g/mol. The van der Waals surface area contributed by atoms with Crippen LogP contribution < -0.4 is 0 Å². The summed E-state index contributed by atoms with van der Waals surface area (Å²) in [6.07, 6.45) is 0.342. The number of hydrogen-bond acceptors (Lipinski definition) is 4. The number of ether oxygens (including phenoxy) is 1. The van der Waals surface area contributed by atoms with Crippen LogP contribution in [0.25, 0.3) is 0 Å². The van der Waals surface area contributed by atoms with Gasteiger partial charge in [0.05, 0.1) is 18.6 Å². The molecule has 5 heteroatoms. The highest BCUT2D eigenvalue weighted by Crippen LogP contribution is 2.19. The van der Waals surface area contributed by atoms with E-state index < -0.39 is 6.10 Å². The summed E-state index contributed by atoms with van der Waals surface area (Å²) in [5.74, 6) is -0.483. The number of esters is 1. The molecule has 0 bridgehead atoms. The lowest BCUT2D eigenvalue weighted by Gasteiger charge is -2.32. The quantitative estimate of drug-likeness (QED) is 0.698. The molecule has 5 nitrogen and oxygen atoms in total. The second-order valence-corrected chi connectivity index (χ2v) is 4.14. The van der Waals surface area contributed by atoms with Crippen molar-refractivity contribution in [1.29, 1.82) is 0 Å². The zero-order valence-corrected chi connectivity index (χ0v) is 9.81. The van der Waals surface area contributed by atoms with Crippen molar-refractivity contribution in [1.82, 2.24) is 4.90 Å². The number of piperidine rings is 1. The molecule has 1 aliphatic heterocycles. The van der Waals surface area contributed by atoms with E-state index in [1.165, 1.54) is 4.90 Å². The standard InChI is InChI=1S/C11H19NO4/c1-3-16-11(15)9-4-5-10(14)12(7-9)6-8(2)13/h8-9,13H,3-7H2,1-2H3. The molecule has 0 aromatic rings. The van der Waals surface area contributed by atoms with Crippen molar-refractivity contribution in [2.24, 2.45) is 5.92 Å². The fourth-order valence-electron chi connectivity index (χ4n) is 1.86. The Bertz CT molecular complexity index is 265. The van der Waals surface area contributed by atoms with E-state index in [1.54, 1.807) is 13.8 Å². The fraction of sp³-hybridized carbons (Fsp3) is 0.818. The zero-order valence-electron chi connectivity index (χ0n) is 9.81. The summed E-state index contributed by atoms with van der Waals surface area (Å²) in [5.41, 5.74) is 0. The summed E-state index contributed by atoms with van der Waals surface area (Å²) >= 11 is 0. The van der Waals surface area contributed by atoms with Crippen molar-refractivity contribution in [3.8, 4) is 0 Å². The predicted molar refractivity (Wildman–Crippen MR) is 57.6 cm³/mol. The number of likely N-dealkylation sites (tertiary alicyclic amines) is 1. The van der Waals surface area contributed by atoms with Gasteiger partial charge in [0.25, 0.3) is 0 Å². The maximum absolute atomic E-state index is 11.5. The number of aliphatic hydroxyl groups is 1. The van der Waals surface area contributed by atoms with Gasteiger partial charge >= 0.3 is 5.97 Å². The summed E-state index contributed by atoms with van der Waals surface area (Å²) in [4.78, 5) is 24.6. The van der Waals surface area contributed by atoms with Crippen molar-refractivity contribution in [2.45, 2.75) is 32.8 Å². The Morgan fingerprint density at radius 2 is 2.38 bits per heavy atom. The minimum Gasteiger partial charge on any atom is -0.466 e. The van der Waals surface area contributed by atoms with Crippen LogP contribution in [0, 0.1) is 5.92 Å². The smallest absolute Gasteiger partial charge is 0.310 e. The summed E-state index contributed by atoms with van der Waals surface area (Å²) in [5, 5.41) is 9.24. The molecule has 0 aromatic heterocycles. The molecular formula is C11H19NO4. The minimum atomic E-state index is -0.565. The number of carbonyl (C=O) groups excluding carboxylic acids is 2. The van der Waals surface area contributed by atoms with Crippen LogP contribution in [-0.4, -0.2) is 47.7 Å². The van der Waals surface area contributed by atoms with Gasteiger partial charge in [-0.1, -0.05) is 0 Å². The first-order valence-electron chi connectivity index (χ1n) is 5.67. The molecule has 2 unspecified atom stereocenters. The molecule has 92 valence electrons. The van der Waals surface area contributed by atoms with E-state index in [2.05, 4.69) is 0 Å². The Hall–Kier alpha value is -1.10. The highest BCUT2D eigenvalue weighted by Gasteiger charge is 2.31. The second kappa shape index (κ2) is 5.84. The van der Waals surface area contributed by atoms with Crippen LogP contribution in [0.15, 0.2) is 0 Å². The third-order valence-electron chi connectivity index (χ3n) is 2.60. The van der Waals surface area contributed by atoms with Crippen molar-refractivity contribution in [3.05, 3.63) is 0 Å². The molecule has 2 atom stereocenters. The van der Waals surface area contributed by atoms with Crippen LogP contribution in [0.4, 0.5) is 0 Å². The topological polar surface area (TPSA) is 66.8 Å². The Labute approximate surface area is 95.4 Å². The number of nitrogens with zero attached hydrogens (tertiary/aromatic N) is 1. The Morgan fingerprint density at radius 3 is 2.94 bits per heavy atom. The number of rotatable bonds is 4. The normalized spacial score (nSPS) is 23.1. The van der Waals surface area contributed by atoms with Gasteiger partial charge in [-0.2, -0.15) is 0 Å². The molecule has 1 N–H and O–H groups in total. The van der Waals surface area contributed by atoms with E-state index in [4.69, 9.17) is 4.74 Å². The molecule has 0 radical (unpaired) electrons. The van der Waals surface area contributed by atoms with Gasteiger partial charge in [0.1, 0.15) is 0 Å². The first-order chi connectivity index (χ1) is 7.54. The molecule has 1 saturated heterocycles. The molecule has 1 aliphatic rings. The first-order valence-corrected chi connectivity index (χ1v) is 5.67. The molecule has 16 heavy (non-hydrogen) atoms. The van der Waals surface area contributed by atoms with Gasteiger partial charge in [-0.3, -0.25) is 9.59 Å². The Morgan fingerprint density at radius 1 is 1.69 bits per heavy atom. The number of amides is 1. The highest BCUT2D eigenvalue weighted by atomic mass is 16.5. The molecule has 1 fully saturated rings.